The van der Waals surface area contributed by atoms with Crippen LogP contribution in [0.25, 0.3) is 10.7 Å². The zero-order valence-electron chi connectivity index (χ0n) is 9.87. The number of aryl methyl sites for hydroxylation is 1. The van der Waals surface area contributed by atoms with Crippen molar-refractivity contribution in [1.29, 1.82) is 0 Å². The Kier molecular flexibility index (Phi) is 3.80. The lowest BCUT2D eigenvalue weighted by Crippen LogP contribution is -2.01. The molecule has 0 saturated heterocycles. The summed E-state index contributed by atoms with van der Waals surface area (Å²) in [5.41, 5.74) is 2.25. The Morgan fingerprint density at radius 1 is 1.47 bits per heavy atom. The highest BCUT2D eigenvalue weighted by Crippen LogP contribution is 2.29. The maximum atomic E-state index is 5.37. The third kappa shape index (κ3) is 2.67. The van der Waals surface area contributed by atoms with Crippen LogP contribution in [0.3, 0.4) is 0 Å². The van der Waals surface area contributed by atoms with Crippen LogP contribution in [0.5, 0.6) is 0 Å². The Morgan fingerprint density at radius 3 is 2.65 bits per heavy atom. The van der Waals surface area contributed by atoms with E-state index in [-0.39, 0.29) is 0 Å². The van der Waals surface area contributed by atoms with Crippen molar-refractivity contribution >= 4 is 39.5 Å². The van der Waals surface area contributed by atoms with E-state index in [2.05, 4.69) is 46.7 Å². The number of H-pyrrole nitrogens is 1. The van der Waals surface area contributed by atoms with Gasteiger partial charge >= 0.3 is 0 Å². The second-order valence-corrected chi connectivity index (χ2v) is 6.43. The third-order valence-corrected chi connectivity index (χ3v) is 4.54. The van der Waals surface area contributed by atoms with Crippen LogP contribution >= 0.6 is 39.5 Å². The molecule has 0 aliphatic carbocycles. The maximum absolute atomic E-state index is 5.37. The number of aromatic nitrogens is 2. The first-order valence-electron chi connectivity index (χ1n) is 5.34. The first-order chi connectivity index (χ1) is 7.99. The highest BCUT2D eigenvalue weighted by Gasteiger charge is 2.11. The minimum Gasteiger partial charge on any atom is -0.342 e. The Labute approximate surface area is 118 Å². The second-order valence-electron chi connectivity index (χ2n) is 4.21. The van der Waals surface area contributed by atoms with Gasteiger partial charge in [0.2, 0.25) is 0 Å². The van der Waals surface area contributed by atoms with Crippen molar-refractivity contribution in [2.24, 2.45) is 0 Å². The molecular formula is C12H13BrN2S2. The van der Waals surface area contributed by atoms with Gasteiger partial charge in [-0.3, -0.25) is 0 Å². The molecule has 2 heterocycles. The fourth-order valence-corrected chi connectivity index (χ4v) is 3.68. The average Bonchev–Trinajstić information content (AvgIpc) is 2.63. The van der Waals surface area contributed by atoms with Crippen molar-refractivity contribution in [3.8, 4) is 10.7 Å². The number of aromatic amines is 1. The molecule has 17 heavy (non-hydrogen) atoms. The summed E-state index contributed by atoms with van der Waals surface area (Å²) in [4.78, 5) is 8.93. The molecule has 0 radical (unpaired) electrons. The first-order valence-corrected chi connectivity index (χ1v) is 7.42. The molecule has 0 aliphatic rings. The molecular weight excluding hydrogens is 316 g/mol. The lowest BCUT2D eigenvalue weighted by atomic mass is 10.0. The van der Waals surface area contributed by atoms with Crippen molar-refractivity contribution < 1.29 is 0 Å². The molecule has 90 valence electrons. The molecule has 2 aromatic heterocycles. The molecule has 2 aromatic rings. The monoisotopic (exact) mass is 328 g/mol. The van der Waals surface area contributed by atoms with Gasteiger partial charge in [-0.15, -0.1) is 11.3 Å². The molecule has 0 bridgehead atoms. The summed E-state index contributed by atoms with van der Waals surface area (Å²) >= 11 is 10.5. The first kappa shape index (κ1) is 12.9. The van der Waals surface area contributed by atoms with E-state index < -0.39 is 0 Å². The molecule has 5 heteroatoms. The Morgan fingerprint density at radius 2 is 2.18 bits per heavy atom. The smallest absolute Gasteiger partial charge is 0.149 e. The topological polar surface area (TPSA) is 28.7 Å². The van der Waals surface area contributed by atoms with Crippen LogP contribution in [0, 0.1) is 11.6 Å². The lowest BCUT2D eigenvalue weighted by Gasteiger charge is -2.10. The standard InChI is InChI=1S/C12H13BrN2S2/c1-6(2)10-7(3)14-11(15-12(10)16)9-4-8(13)5-17-9/h4-6H,1-3H3,(H,14,15,16). The molecule has 0 saturated carbocycles. The summed E-state index contributed by atoms with van der Waals surface area (Å²) in [6.07, 6.45) is 0. The van der Waals surface area contributed by atoms with Crippen LogP contribution in [0.4, 0.5) is 0 Å². The van der Waals surface area contributed by atoms with Gasteiger partial charge in [0.25, 0.3) is 0 Å². The van der Waals surface area contributed by atoms with E-state index in [9.17, 15) is 0 Å². The quantitative estimate of drug-likeness (QED) is 0.780. The van der Waals surface area contributed by atoms with Crippen LogP contribution in [0.2, 0.25) is 0 Å². The van der Waals surface area contributed by atoms with Gasteiger partial charge in [-0.25, -0.2) is 4.98 Å². The molecule has 2 rings (SSSR count). The highest BCUT2D eigenvalue weighted by atomic mass is 79.9. The minimum atomic E-state index is 0.398. The van der Waals surface area contributed by atoms with E-state index in [1.165, 1.54) is 0 Å². The van der Waals surface area contributed by atoms with E-state index in [4.69, 9.17) is 12.2 Å². The summed E-state index contributed by atoms with van der Waals surface area (Å²) in [6.45, 7) is 6.32. The fourth-order valence-electron chi connectivity index (χ4n) is 1.83. The molecule has 0 unspecified atom stereocenters. The number of hydrogen-bond donors (Lipinski definition) is 1. The number of nitrogens with one attached hydrogen (secondary N) is 1. The number of hydrogen-bond acceptors (Lipinski definition) is 3. The number of thiophene rings is 1. The normalized spacial score (nSPS) is 11.1. The number of rotatable bonds is 2. The molecule has 0 aromatic carbocycles. The lowest BCUT2D eigenvalue weighted by molar-refractivity contribution is 0.825. The van der Waals surface area contributed by atoms with Gasteiger partial charge in [0.05, 0.1) is 4.88 Å². The van der Waals surface area contributed by atoms with Crippen LogP contribution in [0.15, 0.2) is 15.9 Å². The molecule has 0 aliphatic heterocycles. The minimum absolute atomic E-state index is 0.398. The predicted octanol–water partition coefficient (Wildman–Crippen LogP) is 5.06. The fraction of sp³-hybridized carbons (Fsp3) is 0.333. The second kappa shape index (κ2) is 5.00. The van der Waals surface area contributed by atoms with E-state index in [1.807, 2.05) is 11.4 Å². The molecule has 0 atom stereocenters. The SMILES string of the molecule is Cc1[nH]c(-c2cc(Br)cs2)nc(=S)c1C(C)C. The molecule has 0 amide bonds. The van der Waals surface area contributed by atoms with Crippen LogP contribution in [-0.2, 0) is 0 Å². The Balaban J connectivity index is 2.57. The Bertz CT molecular complexity index is 599. The van der Waals surface area contributed by atoms with E-state index in [0.29, 0.717) is 10.6 Å². The van der Waals surface area contributed by atoms with Gasteiger partial charge in [0.1, 0.15) is 10.5 Å². The molecule has 0 spiro atoms. The van der Waals surface area contributed by atoms with Gasteiger partial charge < -0.3 is 4.98 Å². The van der Waals surface area contributed by atoms with Crippen LogP contribution in [0.1, 0.15) is 31.0 Å². The van der Waals surface area contributed by atoms with Crippen LogP contribution < -0.4 is 0 Å². The molecule has 0 fully saturated rings. The van der Waals surface area contributed by atoms with Crippen molar-refractivity contribution in [2.75, 3.05) is 0 Å². The summed E-state index contributed by atoms with van der Waals surface area (Å²) in [6, 6.07) is 2.05. The van der Waals surface area contributed by atoms with Crippen molar-refractivity contribution in [3.63, 3.8) is 0 Å². The summed E-state index contributed by atoms with van der Waals surface area (Å²) in [5.74, 6) is 1.25. The van der Waals surface area contributed by atoms with E-state index in [0.717, 1.165) is 26.4 Å². The largest absolute Gasteiger partial charge is 0.342 e. The van der Waals surface area contributed by atoms with E-state index in [1.54, 1.807) is 11.3 Å². The number of nitrogens with zero attached hydrogens (tertiary/aromatic N) is 1. The zero-order valence-corrected chi connectivity index (χ0v) is 13.1. The number of halogens is 1. The van der Waals surface area contributed by atoms with Crippen molar-refractivity contribution in [1.82, 2.24) is 9.97 Å². The molecule has 2 nitrogen and oxygen atoms in total. The zero-order chi connectivity index (χ0) is 12.6. The summed E-state index contributed by atoms with van der Waals surface area (Å²) in [7, 11) is 0. The van der Waals surface area contributed by atoms with Gasteiger partial charge in [0, 0.05) is 21.1 Å². The maximum Gasteiger partial charge on any atom is 0.149 e. The Hall–Kier alpha value is -0.520. The van der Waals surface area contributed by atoms with Crippen molar-refractivity contribution in [2.45, 2.75) is 26.7 Å². The van der Waals surface area contributed by atoms with E-state index >= 15 is 0 Å². The van der Waals surface area contributed by atoms with Gasteiger partial charge in [0.15, 0.2) is 0 Å². The van der Waals surface area contributed by atoms with Gasteiger partial charge in [-0.1, -0.05) is 26.1 Å². The summed E-state index contributed by atoms with van der Waals surface area (Å²) in [5, 5.41) is 2.04. The summed E-state index contributed by atoms with van der Waals surface area (Å²) < 4.78 is 1.78. The van der Waals surface area contributed by atoms with Gasteiger partial charge in [-0.2, -0.15) is 0 Å². The highest BCUT2D eigenvalue weighted by molar-refractivity contribution is 9.10. The average molecular weight is 329 g/mol. The third-order valence-electron chi connectivity index (χ3n) is 2.53. The van der Waals surface area contributed by atoms with Crippen molar-refractivity contribution in [3.05, 3.63) is 31.8 Å². The predicted molar refractivity (Wildman–Crippen MR) is 79.3 cm³/mol. The van der Waals surface area contributed by atoms with Gasteiger partial charge in [-0.05, 0) is 34.8 Å². The molecule has 1 N–H and O–H groups in total. The van der Waals surface area contributed by atoms with Crippen LogP contribution in [-0.4, -0.2) is 9.97 Å².